The van der Waals surface area contributed by atoms with Crippen LogP contribution in [0.25, 0.3) is 0 Å². The molecule has 0 aromatic carbocycles. The van der Waals surface area contributed by atoms with Gasteiger partial charge in [0.15, 0.2) is 26.4 Å². The molecule has 1 fully saturated rings. The molecule has 1 aliphatic rings. The molecule has 1 aliphatic heterocycles. The molecule has 0 aliphatic carbocycles. The highest BCUT2D eigenvalue weighted by atomic mass is 28.5. The molecule has 0 unspecified atom stereocenters. The first kappa shape index (κ1) is 41.6. The molecule has 0 radical (unpaired) electrons. The summed E-state index contributed by atoms with van der Waals surface area (Å²) in [5.74, 6) is 0. The summed E-state index contributed by atoms with van der Waals surface area (Å²) < 4.78 is 24.6. The van der Waals surface area contributed by atoms with Gasteiger partial charge >= 0.3 is 34.2 Å². The smallest absolute Gasteiger partial charge is 0.314 e. The van der Waals surface area contributed by atoms with E-state index in [-0.39, 0.29) is 8.80 Å². The Labute approximate surface area is 217 Å². The zero-order valence-corrected chi connectivity index (χ0v) is 33.7. The maximum Gasteiger partial charge on any atom is 0.314 e. The summed E-state index contributed by atoms with van der Waals surface area (Å²) in [5, 5.41) is 0. The van der Waals surface area contributed by atoms with Gasteiger partial charge in [-0.05, 0) is 98.2 Å². The summed E-state index contributed by atoms with van der Waals surface area (Å²) in [6, 6.07) is 0. The van der Waals surface area contributed by atoms with Gasteiger partial charge in [0.25, 0.3) is 0 Å². The minimum atomic E-state index is -2.11. The number of hydrogen-bond donors (Lipinski definition) is 3. The molecule has 0 bridgehead atoms. The summed E-state index contributed by atoms with van der Waals surface area (Å²) in [6.45, 7) is 36.6. The van der Waals surface area contributed by atoms with Gasteiger partial charge in [0.05, 0.1) is 0 Å². The molecule has 0 amide bonds. The standard InChI is InChI=1S/C8H24O4Si4.C3H10OSi.C3H10Si.2C2H8OSi/c1-13(2)9-14(3,4)11-16(7,8)12-15(5,6)10-13;1-5(2,3)4;3*1-4(2)3/h1-8H3;4H,1-3H3;4H,1-3H3;2*3-4H,1-2H3. The van der Waals surface area contributed by atoms with Crippen LogP contribution < -0.4 is 0 Å². The van der Waals surface area contributed by atoms with E-state index in [1.165, 1.54) is 0 Å². The topological polar surface area (TPSA) is 97.6 Å². The van der Waals surface area contributed by atoms with Crippen LogP contribution in [0.4, 0.5) is 0 Å². The zero-order valence-electron chi connectivity index (χ0n) is 25.2. The van der Waals surface area contributed by atoms with Gasteiger partial charge in [-0.15, -0.1) is 0 Å². The Bertz CT molecular complexity index is 382. The number of hydrogen-bond acceptors (Lipinski definition) is 7. The summed E-state index contributed by atoms with van der Waals surface area (Å²) in [4.78, 5) is 25.0. The van der Waals surface area contributed by atoms with Gasteiger partial charge in [-0.1, -0.05) is 19.6 Å². The first-order valence-electron chi connectivity index (χ1n) is 11.9. The van der Waals surface area contributed by atoms with Crippen LogP contribution in [0.2, 0.25) is 118 Å². The van der Waals surface area contributed by atoms with E-state index in [9.17, 15) is 0 Å². The molecule has 7 nitrogen and oxygen atoms in total. The zero-order chi connectivity index (χ0) is 28.1. The molecular formula is C18H60O7Si8. The van der Waals surface area contributed by atoms with Crippen molar-refractivity contribution in [2.75, 3.05) is 0 Å². The van der Waals surface area contributed by atoms with Crippen LogP contribution in [-0.4, -0.2) is 83.8 Å². The molecule has 1 rings (SSSR count). The van der Waals surface area contributed by atoms with Gasteiger partial charge < -0.3 is 30.8 Å². The second-order valence-corrected chi connectivity index (χ2v) is 38.7. The fraction of sp³-hybridized carbons (Fsp3) is 1.00. The summed E-state index contributed by atoms with van der Waals surface area (Å²) in [6.07, 6.45) is 0. The maximum absolute atomic E-state index is 8.66. The monoisotopic (exact) mass is 612 g/mol. The molecule has 3 N–H and O–H groups in total. The van der Waals surface area contributed by atoms with E-state index in [1.807, 2.05) is 45.8 Å². The third-order valence-corrected chi connectivity index (χ3v) is 17.7. The first-order valence-corrected chi connectivity index (χ1v) is 35.7. The van der Waals surface area contributed by atoms with E-state index in [4.69, 9.17) is 30.8 Å². The van der Waals surface area contributed by atoms with Crippen molar-refractivity contribution in [1.29, 1.82) is 0 Å². The highest BCUT2D eigenvalue weighted by molar-refractivity contribution is 6.92. The largest absolute Gasteiger partial charge is 0.435 e. The summed E-state index contributed by atoms with van der Waals surface area (Å²) in [7, 11) is -12.5. The van der Waals surface area contributed by atoms with Gasteiger partial charge in [-0.25, -0.2) is 0 Å². The van der Waals surface area contributed by atoms with E-state index in [0.717, 1.165) is 0 Å². The van der Waals surface area contributed by atoms with E-state index < -0.39 is 60.6 Å². The molecule has 0 saturated carbocycles. The van der Waals surface area contributed by atoms with Crippen molar-refractivity contribution in [3.8, 4) is 0 Å². The third-order valence-electron chi connectivity index (χ3n) is 1.97. The van der Waals surface area contributed by atoms with Crippen molar-refractivity contribution in [3.05, 3.63) is 0 Å². The van der Waals surface area contributed by atoms with E-state index in [2.05, 4.69) is 72.0 Å². The normalized spacial score (nSPS) is 20.4. The van der Waals surface area contributed by atoms with Crippen LogP contribution in [0.15, 0.2) is 0 Å². The summed E-state index contributed by atoms with van der Waals surface area (Å²) >= 11 is 0. The first-order chi connectivity index (χ1) is 14.0. The lowest BCUT2D eigenvalue weighted by atomic mass is 11.8. The highest BCUT2D eigenvalue weighted by Crippen LogP contribution is 2.30. The molecule has 1 saturated heterocycles. The molecule has 0 spiro atoms. The minimum Gasteiger partial charge on any atom is -0.435 e. The van der Waals surface area contributed by atoms with Crippen LogP contribution in [-0.2, 0) is 16.5 Å². The number of rotatable bonds is 0. The van der Waals surface area contributed by atoms with Crippen molar-refractivity contribution in [2.24, 2.45) is 0 Å². The maximum atomic E-state index is 8.66. The lowest BCUT2D eigenvalue weighted by Gasteiger charge is -2.46. The second-order valence-electron chi connectivity index (χ2n) is 12.1. The fourth-order valence-corrected chi connectivity index (χ4v) is 23.6. The molecule has 0 aromatic heterocycles. The average molecular weight is 613 g/mol. The fourth-order valence-electron chi connectivity index (χ4n) is 2.45. The molecule has 1 heterocycles. The highest BCUT2D eigenvalue weighted by Gasteiger charge is 2.50. The third kappa shape index (κ3) is 51.1. The van der Waals surface area contributed by atoms with E-state index in [1.54, 1.807) is 0 Å². The molecule has 33 heavy (non-hydrogen) atoms. The van der Waals surface area contributed by atoms with Crippen molar-refractivity contribution in [2.45, 2.75) is 118 Å². The predicted octanol–water partition coefficient (Wildman–Crippen LogP) is 4.71. The van der Waals surface area contributed by atoms with Crippen molar-refractivity contribution in [1.82, 2.24) is 0 Å². The van der Waals surface area contributed by atoms with Crippen LogP contribution in [0, 0.1) is 0 Å². The van der Waals surface area contributed by atoms with E-state index in [0.29, 0.717) is 0 Å². The van der Waals surface area contributed by atoms with Crippen LogP contribution in [0.3, 0.4) is 0 Å². The Hall–Kier alpha value is 1.46. The van der Waals surface area contributed by atoms with Crippen LogP contribution in [0.1, 0.15) is 0 Å². The van der Waals surface area contributed by atoms with Gasteiger partial charge in [-0.2, -0.15) is 0 Å². The molecule has 15 heteroatoms. The van der Waals surface area contributed by atoms with Crippen molar-refractivity contribution >= 4 is 69.4 Å². The Morgan fingerprint density at radius 3 is 0.606 bits per heavy atom. The average Bonchev–Trinajstić information content (AvgIpc) is 2.24. The lowest BCUT2D eigenvalue weighted by Crippen LogP contribution is -2.64. The molecular weight excluding hydrogens is 553 g/mol. The minimum absolute atomic E-state index is 0.139. The Morgan fingerprint density at radius 2 is 0.545 bits per heavy atom. The Kier molecular flexibility index (Phi) is 22.5. The molecule has 0 atom stereocenters. The quantitative estimate of drug-likeness (QED) is 0.341. The lowest BCUT2D eigenvalue weighted by molar-refractivity contribution is 0.238. The van der Waals surface area contributed by atoms with Gasteiger partial charge in [0.2, 0.25) is 0 Å². The van der Waals surface area contributed by atoms with Gasteiger partial charge in [0.1, 0.15) is 0 Å². The second kappa shape index (κ2) is 17.8. The Balaban J connectivity index is -0.000000202. The SMILES string of the molecule is C[SiH](C)C.C[SiH](C)O.C[SiH](C)O.C[Si](C)(C)O.C[Si]1(C)O[Si](C)(C)O[Si](C)(C)O[Si](C)(C)O1. The predicted molar refractivity (Wildman–Crippen MR) is 167 cm³/mol. The van der Waals surface area contributed by atoms with Crippen LogP contribution in [0.5, 0.6) is 0 Å². The van der Waals surface area contributed by atoms with E-state index >= 15 is 0 Å². The molecule has 206 valence electrons. The Morgan fingerprint density at radius 1 is 0.485 bits per heavy atom. The summed E-state index contributed by atoms with van der Waals surface area (Å²) in [5.41, 5.74) is 0. The van der Waals surface area contributed by atoms with Gasteiger partial charge in [0, 0.05) is 8.80 Å². The van der Waals surface area contributed by atoms with Crippen LogP contribution >= 0.6 is 0 Å². The van der Waals surface area contributed by atoms with Gasteiger partial charge in [-0.3, -0.25) is 0 Å². The van der Waals surface area contributed by atoms with Crippen molar-refractivity contribution < 1.29 is 30.8 Å². The van der Waals surface area contributed by atoms with Crippen molar-refractivity contribution in [3.63, 3.8) is 0 Å². The molecule has 0 aromatic rings.